The van der Waals surface area contributed by atoms with E-state index in [1.165, 1.54) is 12.5 Å². The molecule has 0 aliphatic heterocycles. The highest BCUT2D eigenvalue weighted by atomic mass is 28.3. The molecule has 3 nitrogen and oxygen atoms in total. The summed E-state index contributed by atoms with van der Waals surface area (Å²) in [7, 11) is -1.81. The van der Waals surface area contributed by atoms with E-state index in [4.69, 9.17) is 9.25 Å². The highest BCUT2D eigenvalue weighted by Gasteiger charge is 2.40. The summed E-state index contributed by atoms with van der Waals surface area (Å²) in [4.78, 5) is 4.90. The Labute approximate surface area is 143 Å². The van der Waals surface area contributed by atoms with Crippen molar-refractivity contribution >= 4 is 19.2 Å². The minimum absolute atomic E-state index is 0.188. The monoisotopic (exact) mass is 363 g/mol. The van der Waals surface area contributed by atoms with Gasteiger partial charge < -0.3 is 9.25 Å². The standard InChI is InChI=1S/C17H28F3NO2Si/c1-5-6-7-8-9-10-13-22-21-16(17(18,19)20)14-11-12-15(23-14)24(2,3)4/h11-12H,5-10,13H2,1-4H3/b21-16+. The van der Waals surface area contributed by atoms with E-state index in [2.05, 4.69) is 12.1 Å². The molecule has 0 fully saturated rings. The summed E-state index contributed by atoms with van der Waals surface area (Å²) in [6, 6.07) is 2.94. The summed E-state index contributed by atoms with van der Waals surface area (Å²) in [5.41, 5.74) is -1.10. The van der Waals surface area contributed by atoms with E-state index in [-0.39, 0.29) is 12.4 Å². The third kappa shape index (κ3) is 7.11. The number of furan rings is 1. The quantitative estimate of drug-likeness (QED) is 0.239. The summed E-state index contributed by atoms with van der Waals surface area (Å²) >= 11 is 0. The molecule has 1 rings (SSSR count). The molecule has 1 aromatic rings. The Morgan fingerprint density at radius 1 is 1.08 bits per heavy atom. The van der Waals surface area contributed by atoms with Gasteiger partial charge in [-0.2, -0.15) is 13.2 Å². The normalized spacial score (nSPS) is 13.4. The Morgan fingerprint density at radius 2 is 1.71 bits per heavy atom. The zero-order chi connectivity index (χ0) is 18.2. The van der Waals surface area contributed by atoms with Crippen LogP contribution in [0.5, 0.6) is 0 Å². The molecule has 24 heavy (non-hydrogen) atoms. The first-order chi connectivity index (χ1) is 11.2. The van der Waals surface area contributed by atoms with Gasteiger partial charge in [0.1, 0.15) is 14.7 Å². The van der Waals surface area contributed by atoms with Gasteiger partial charge in [-0.1, -0.05) is 57.4 Å². The van der Waals surface area contributed by atoms with Gasteiger partial charge in [-0.05, 0) is 25.0 Å². The molecule has 0 amide bonds. The van der Waals surface area contributed by atoms with E-state index >= 15 is 0 Å². The molecule has 0 atom stereocenters. The molecule has 0 aliphatic carbocycles. The van der Waals surface area contributed by atoms with Crippen LogP contribution in [0.2, 0.25) is 19.6 Å². The lowest BCUT2D eigenvalue weighted by atomic mass is 10.1. The minimum atomic E-state index is -4.60. The third-order valence-electron chi connectivity index (χ3n) is 3.59. The zero-order valence-electron chi connectivity index (χ0n) is 15.0. The Hall–Kier alpha value is -1.24. The lowest BCUT2D eigenvalue weighted by molar-refractivity contribution is -0.0624. The van der Waals surface area contributed by atoms with Gasteiger partial charge in [0.15, 0.2) is 5.76 Å². The van der Waals surface area contributed by atoms with Crippen LogP contribution >= 0.6 is 0 Å². The van der Waals surface area contributed by atoms with Crippen LogP contribution in [0.3, 0.4) is 0 Å². The second-order valence-electron chi connectivity index (χ2n) is 6.95. The largest absolute Gasteiger partial charge is 0.464 e. The maximum atomic E-state index is 13.2. The van der Waals surface area contributed by atoms with Crippen molar-refractivity contribution in [3.05, 3.63) is 17.9 Å². The number of nitrogens with zero attached hydrogens (tertiary/aromatic N) is 1. The number of rotatable bonds is 10. The molecule has 0 aliphatic rings. The van der Waals surface area contributed by atoms with Gasteiger partial charge in [-0.15, -0.1) is 0 Å². The van der Waals surface area contributed by atoms with E-state index in [0.29, 0.717) is 11.8 Å². The Balaban J connectivity index is 2.62. The average molecular weight is 363 g/mol. The molecule has 0 spiro atoms. The van der Waals surface area contributed by atoms with Gasteiger partial charge in [-0.3, -0.25) is 0 Å². The van der Waals surface area contributed by atoms with Crippen molar-refractivity contribution in [2.45, 2.75) is 71.3 Å². The Bertz CT molecular complexity index is 519. The van der Waals surface area contributed by atoms with Crippen molar-refractivity contribution in [1.82, 2.24) is 0 Å². The number of oxime groups is 1. The van der Waals surface area contributed by atoms with Gasteiger partial charge in [0.2, 0.25) is 5.71 Å². The van der Waals surface area contributed by atoms with Crippen LogP contribution in [-0.4, -0.2) is 26.6 Å². The van der Waals surface area contributed by atoms with Gasteiger partial charge in [0.05, 0.1) is 5.38 Å². The minimum Gasteiger partial charge on any atom is -0.464 e. The maximum absolute atomic E-state index is 13.2. The fourth-order valence-corrected chi connectivity index (χ4v) is 3.16. The summed E-state index contributed by atoms with van der Waals surface area (Å²) < 4.78 is 44.9. The predicted molar refractivity (Wildman–Crippen MR) is 93.6 cm³/mol. The van der Waals surface area contributed by atoms with E-state index in [1.54, 1.807) is 6.07 Å². The molecule has 138 valence electrons. The maximum Gasteiger partial charge on any atom is 0.440 e. The van der Waals surface area contributed by atoms with E-state index < -0.39 is 20.0 Å². The number of halogens is 3. The molecule has 0 radical (unpaired) electrons. The van der Waals surface area contributed by atoms with Crippen LogP contribution in [0, 0.1) is 0 Å². The van der Waals surface area contributed by atoms with Gasteiger partial charge in [-0.25, -0.2) is 0 Å². The lowest BCUT2D eigenvalue weighted by Crippen LogP contribution is -2.36. The molecular weight excluding hydrogens is 335 g/mol. The van der Waals surface area contributed by atoms with Gasteiger partial charge in [0.25, 0.3) is 0 Å². The SMILES string of the molecule is CCCCCCCCO/N=C(\c1ccc([Si](C)(C)C)o1)C(F)(F)F. The first kappa shape index (κ1) is 20.8. The summed E-state index contributed by atoms with van der Waals surface area (Å²) in [5.74, 6) is -0.275. The molecule has 1 aromatic heterocycles. The van der Waals surface area contributed by atoms with Crippen molar-refractivity contribution in [1.29, 1.82) is 0 Å². The van der Waals surface area contributed by atoms with Crippen LogP contribution < -0.4 is 5.38 Å². The summed E-state index contributed by atoms with van der Waals surface area (Å²) in [5, 5.41) is 3.92. The highest BCUT2D eigenvalue weighted by Crippen LogP contribution is 2.23. The second-order valence-corrected chi connectivity index (χ2v) is 11.9. The molecular formula is C17H28F3NO2Si. The highest BCUT2D eigenvalue weighted by molar-refractivity contribution is 6.87. The van der Waals surface area contributed by atoms with E-state index in [1.807, 2.05) is 19.6 Å². The lowest BCUT2D eigenvalue weighted by Gasteiger charge is -2.12. The van der Waals surface area contributed by atoms with Gasteiger partial charge >= 0.3 is 6.18 Å². The number of hydrogen-bond acceptors (Lipinski definition) is 3. The fraction of sp³-hybridized carbons (Fsp3) is 0.706. The van der Waals surface area contributed by atoms with Crippen LogP contribution in [0.1, 0.15) is 51.2 Å². The van der Waals surface area contributed by atoms with Crippen molar-refractivity contribution in [2.75, 3.05) is 6.61 Å². The number of alkyl halides is 3. The first-order valence-electron chi connectivity index (χ1n) is 8.54. The average Bonchev–Trinajstić information content (AvgIpc) is 2.93. The van der Waals surface area contributed by atoms with Crippen molar-refractivity contribution in [3.8, 4) is 0 Å². The molecule has 0 unspecified atom stereocenters. The molecule has 0 saturated heterocycles. The second kappa shape index (κ2) is 9.29. The van der Waals surface area contributed by atoms with E-state index in [0.717, 1.165) is 25.7 Å². The van der Waals surface area contributed by atoms with Crippen LogP contribution in [0.4, 0.5) is 13.2 Å². The number of unbranched alkanes of at least 4 members (excludes halogenated alkanes) is 5. The Kier molecular flexibility index (Phi) is 8.06. The smallest absolute Gasteiger partial charge is 0.440 e. The topological polar surface area (TPSA) is 34.7 Å². The zero-order valence-corrected chi connectivity index (χ0v) is 16.0. The predicted octanol–water partition coefficient (Wildman–Crippen LogP) is 5.47. The first-order valence-corrected chi connectivity index (χ1v) is 12.0. The third-order valence-corrected chi connectivity index (χ3v) is 5.34. The number of hydrogen-bond donors (Lipinski definition) is 0. The molecule has 0 saturated carbocycles. The molecule has 0 bridgehead atoms. The molecule has 0 N–H and O–H groups in total. The Morgan fingerprint density at radius 3 is 2.25 bits per heavy atom. The molecule has 7 heteroatoms. The molecule has 0 aromatic carbocycles. The van der Waals surface area contributed by atoms with Crippen LogP contribution in [0.25, 0.3) is 0 Å². The fourth-order valence-electron chi connectivity index (χ4n) is 2.16. The van der Waals surface area contributed by atoms with Crippen molar-refractivity contribution in [2.24, 2.45) is 5.16 Å². The van der Waals surface area contributed by atoms with Gasteiger partial charge in [0, 0.05) is 0 Å². The summed E-state index contributed by atoms with van der Waals surface area (Å²) in [6.07, 6.45) is 1.63. The summed E-state index contributed by atoms with van der Waals surface area (Å²) in [6.45, 7) is 8.35. The van der Waals surface area contributed by atoms with Crippen molar-refractivity contribution in [3.63, 3.8) is 0 Å². The van der Waals surface area contributed by atoms with Crippen molar-refractivity contribution < 1.29 is 22.4 Å². The van der Waals surface area contributed by atoms with Crippen LogP contribution in [0.15, 0.2) is 21.7 Å². The van der Waals surface area contributed by atoms with Crippen LogP contribution in [-0.2, 0) is 4.84 Å². The molecule has 1 heterocycles. The van der Waals surface area contributed by atoms with E-state index in [9.17, 15) is 13.2 Å².